The van der Waals surface area contributed by atoms with Crippen LogP contribution in [0.2, 0.25) is 0 Å². The number of aromatic nitrogens is 1. The van der Waals surface area contributed by atoms with Crippen molar-refractivity contribution in [3.05, 3.63) is 35.3 Å². The third-order valence-corrected chi connectivity index (χ3v) is 3.25. The standard InChI is InChI=1S/C15H16F4N2O/c1-8(2)11-5-13-9(4-12(11)16)3-10(21-13)7-20-14(22)6-15(17,18)19/h3-5,8,21H,6-7H2,1-2H3,(H,20,22). The van der Waals surface area contributed by atoms with Crippen LogP contribution in [0.4, 0.5) is 17.6 Å². The van der Waals surface area contributed by atoms with Crippen LogP contribution in [-0.2, 0) is 11.3 Å². The lowest BCUT2D eigenvalue weighted by atomic mass is 10.0. The molecule has 22 heavy (non-hydrogen) atoms. The highest BCUT2D eigenvalue weighted by molar-refractivity contribution is 5.82. The van der Waals surface area contributed by atoms with Crippen molar-refractivity contribution in [2.45, 2.75) is 38.9 Å². The fourth-order valence-electron chi connectivity index (χ4n) is 2.21. The van der Waals surface area contributed by atoms with Crippen molar-refractivity contribution in [2.24, 2.45) is 0 Å². The predicted molar refractivity (Wildman–Crippen MR) is 74.9 cm³/mol. The molecule has 0 aliphatic heterocycles. The van der Waals surface area contributed by atoms with Gasteiger partial charge in [0.05, 0.1) is 6.54 Å². The monoisotopic (exact) mass is 316 g/mol. The quantitative estimate of drug-likeness (QED) is 0.823. The Labute approximate surface area is 124 Å². The molecular weight excluding hydrogens is 300 g/mol. The number of halogens is 4. The summed E-state index contributed by atoms with van der Waals surface area (Å²) in [6, 6.07) is 4.66. The SMILES string of the molecule is CC(C)c1cc2[nH]c(CNC(=O)CC(F)(F)F)cc2cc1F. The summed E-state index contributed by atoms with van der Waals surface area (Å²) in [6.07, 6.45) is -6.04. The summed E-state index contributed by atoms with van der Waals surface area (Å²) in [4.78, 5) is 14.1. The van der Waals surface area contributed by atoms with Crippen molar-refractivity contribution in [3.8, 4) is 0 Å². The van der Waals surface area contributed by atoms with Crippen molar-refractivity contribution >= 4 is 16.8 Å². The number of rotatable bonds is 4. The molecule has 0 aliphatic rings. The lowest BCUT2D eigenvalue weighted by molar-refractivity contribution is -0.153. The van der Waals surface area contributed by atoms with Crippen molar-refractivity contribution in [1.82, 2.24) is 10.3 Å². The zero-order chi connectivity index (χ0) is 16.5. The van der Waals surface area contributed by atoms with E-state index in [1.165, 1.54) is 6.07 Å². The van der Waals surface area contributed by atoms with Gasteiger partial charge in [-0.1, -0.05) is 13.8 Å². The highest BCUT2D eigenvalue weighted by atomic mass is 19.4. The number of amides is 1. The highest BCUT2D eigenvalue weighted by Crippen LogP contribution is 2.25. The number of benzene rings is 1. The van der Waals surface area contributed by atoms with Crippen molar-refractivity contribution < 1.29 is 22.4 Å². The van der Waals surface area contributed by atoms with Crippen LogP contribution in [0.3, 0.4) is 0 Å². The van der Waals surface area contributed by atoms with Crippen LogP contribution < -0.4 is 5.32 Å². The summed E-state index contributed by atoms with van der Waals surface area (Å²) in [5.74, 6) is -1.41. The smallest absolute Gasteiger partial charge is 0.357 e. The van der Waals surface area contributed by atoms with Crippen molar-refractivity contribution in [1.29, 1.82) is 0 Å². The Hall–Kier alpha value is -2.05. The zero-order valence-corrected chi connectivity index (χ0v) is 12.1. The van der Waals surface area contributed by atoms with Gasteiger partial charge in [0.1, 0.15) is 12.2 Å². The second kappa shape index (κ2) is 5.98. The summed E-state index contributed by atoms with van der Waals surface area (Å²) in [5.41, 5.74) is 1.76. The molecule has 1 heterocycles. The molecule has 120 valence electrons. The third kappa shape index (κ3) is 3.99. The molecule has 2 rings (SSSR count). The molecule has 7 heteroatoms. The fraction of sp³-hybridized carbons (Fsp3) is 0.400. The number of hydrogen-bond acceptors (Lipinski definition) is 1. The van der Waals surface area contributed by atoms with Gasteiger partial charge in [-0.15, -0.1) is 0 Å². The number of carbonyl (C=O) groups excluding carboxylic acids is 1. The summed E-state index contributed by atoms with van der Waals surface area (Å²) in [6.45, 7) is 3.67. The van der Waals surface area contributed by atoms with Gasteiger partial charge in [-0.3, -0.25) is 4.79 Å². The number of H-pyrrole nitrogens is 1. The minimum atomic E-state index is -4.53. The Balaban J connectivity index is 2.12. The van der Waals surface area contributed by atoms with Crippen LogP contribution in [0.5, 0.6) is 0 Å². The second-order valence-corrected chi connectivity index (χ2v) is 5.48. The van der Waals surface area contributed by atoms with Crippen LogP contribution >= 0.6 is 0 Å². The van der Waals surface area contributed by atoms with Crippen LogP contribution in [0.15, 0.2) is 18.2 Å². The number of alkyl halides is 3. The minimum absolute atomic E-state index is 0.0163. The summed E-state index contributed by atoms with van der Waals surface area (Å²) in [7, 11) is 0. The maximum Gasteiger partial charge on any atom is 0.397 e. The topological polar surface area (TPSA) is 44.9 Å². The first-order valence-electron chi connectivity index (χ1n) is 6.80. The van der Waals surface area contributed by atoms with Crippen molar-refractivity contribution in [3.63, 3.8) is 0 Å². The molecule has 0 saturated carbocycles. The van der Waals surface area contributed by atoms with Gasteiger partial charge in [-0.25, -0.2) is 4.39 Å². The fourth-order valence-corrected chi connectivity index (χ4v) is 2.21. The van der Waals surface area contributed by atoms with E-state index in [1.807, 2.05) is 13.8 Å². The lowest BCUT2D eigenvalue weighted by Gasteiger charge is -2.07. The normalized spacial score (nSPS) is 12.1. The number of carbonyl (C=O) groups is 1. The molecular formula is C15H16F4N2O. The van der Waals surface area contributed by atoms with E-state index in [-0.39, 0.29) is 18.3 Å². The van der Waals surface area contributed by atoms with Crippen LogP contribution in [0, 0.1) is 5.82 Å². The largest absolute Gasteiger partial charge is 0.397 e. The second-order valence-electron chi connectivity index (χ2n) is 5.48. The van der Waals surface area contributed by atoms with Gasteiger partial charge in [0.15, 0.2) is 0 Å². The molecule has 0 radical (unpaired) electrons. The number of nitrogens with one attached hydrogen (secondary N) is 2. The van der Waals surface area contributed by atoms with Gasteiger partial charge in [0.2, 0.25) is 5.91 Å². The van der Waals surface area contributed by atoms with Crippen LogP contribution in [-0.4, -0.2) is 17.1 Å². The van der Waals surface area contributed by atoms with E-state index in [2.05, 4.69) is 10.3 Å². The molecule has 1 amide bonds. The molecule has 3 nitrogen and oxygen atoms in total. The van der Waals surface area contributed by atoms with E-state index < -0.39 is 18.5 Å². The van der Waals surface area contributed by atoms with E-state index in [0.29, 0.717) is 22.2 Å². The molecule has 2 aromatic rings. The van der Waals surface area contributed by atoms with Gasteiger partial charge in [-0.05, 0) is 29.7 Å². The first-order valence-corrected chi connectivity index (χ1v) is 6.80. The molecule has 2 N–H and O–H groups in total. The van der Waals surface area contributed by atoms with Gasteiger partial charge in [0.25, 0.3) is 0 Å². The molecule has 1 aromatic carbocycles. The van der Waals surface area contributed by atoms with E-state index >= 15 is 0 Å². The maximum absolute atomic E-state index is 13.9. The third-order valence-electron chi connectivity index (χ3n) is 3.25. The Morgan fingerprint density at radius 3 is 2.55 bits per heavy atom. The summed E-state index contributed by atoms with van der Waals surface area (Å²) >= 11 is 0. The first kappa shape index (κ1) is 16.3. The van der Waals surface area contributed by atoms with E-state index in [9.17, 15) is 22.4 Å². The average molecular weight is 316 g/mol. The molecule has 0 atom stereocenters. The Morgan fingerprint density at radius 2 is 1.95 bits per heavy atom. The lowest BCUT2D eigenvalue weighted by Crippen LogP contribution is -2.28. The van der Waals surface area contributed by atoms with E-state index in [0.717, 1.165) is 0 Å². The molecule has 0 bridgehead atoms. The average Bonchev–Trinajstić information content (AvgIpc) is 2.74. The van der Waals surface area contributed by atoms with Gasteiger partial charge in [0, 0.05) is 16.6 Å². The number of aromatic amines is 1. The van der Waals surface area contributed by atoms with E-state index in [4.69, 9.17) is 0 Å². The predicted octanol–water partition coefficient (Wildman–Crippen LogP) is 4.00. The molecule has 0 fully saturated rings. The van der Waals surface area contributed by atoms with Crippen LogP contribution in [0.25, 0.3) is 10.9 Å². The zero-order valence-electron chi connectivity index (χ0n) is 12.1. The molecule has 0 aliphatic carbocycles. The van der Waals surface area contributed by atoms with E-state index in [1.54, 1.807) is 12.1 Å². The maximum atomic E-state index is 13.9. The van der Waals surface area contributed by atoms with Gasteiger partial charge >= 0.3 is 6.18 Å². The summed E-state index contributed by atoms with van der Waals surface area (Å²) in [5, 5.41) is 2.80. The van der Waals surface area contributed by atoms with Gasteiger partial charge < -0.3 is 10.3 Å². The first-order chi connectivity index (χ1) is 10.2. The Morgan fingerprint density at radius 1 is 1.27 bits per heavy atom. The van der Waals surface area contributed by atoms with Crippen LogP contribution in [0.1, 0.15) is 37.4 Å². The van der Waals surface area contributed by atoms with Gasteiger partial charge in [-0.2, -0.15) is 13.2 Å². The minimum Gasteiger partial charge on any atom is -0.357 e. The molecule has 0 unspecified atom stereocenters. The summed E-state index contributed by atoms with van der Waals surface area (Å²) < 4.78 is 50.0. The number of hydrogen-bond donors (Lipinski definition) is 2. The Kier molecular flexibility index (Phi) is 4.44. The highest BCUT2D eigenvalue weighted by Gasteiger charge is 2.30. The molecule has 1 aromatic heterocycles. The molecule has 0 saturated heterocycles. The Bertz CT molecular complexity index is 689. The van der Waals surface area contributed by atoms with Crippen molar-refractivity contribution in [2.75, 3.05) is 0 Å². The molecule has 0 spiro atoms. The number of fused-ring (bicyclic) bond motifs is 1.